The molecule has 0 unspecified atom stereocenters. The maximum atomic E-state index is 11.7. The quantitative estimate of drug-likeness (QED) is 0.882. The Morgan fingerprint density at radius 3 is 2.68 bits per heavy atom. The minimum absolute atomic E-state index is 0.0796. The molecule has 0 fully saturated rings. The van der Waals surface area contributed by atoms with E-state index >= 15 is 0 Å². The average molecular weight is 298 g/mol. The number of ether oxygens (including phenoxy) is 1. The van der Waals surface area contributed by atoms with E-state index in [4.69, 9.17) is 27.9 Å². The molecule has 98 valence electrons. The number of benzene rings is 1. The van der Waals surface area contributed by atoms with Gasteiger partial charge in [0.1, 0.15) is 17.1 Å². The highest BCUT2D eigenvalue weighted by molar-refractivity contribution is 6.42. The Bertz CT molecular complexity index is 578. The SMILES string of the molecule is O=C(COc1ccccc1)Nc1ncnc(Cl)c1Cl. The Kier molecular flexibility index (Phi) is 4.54. The number of hydrogen-bond acceptors (Lipinski definition) is 4. The maximum absolute atomic E-state index is 11.7. The molecular weight excluding hydrogens is 289 g/mol. The number of halogens is 2. The number of nitrogens with one attached hydrogen (secondary N) is 1. The fourth-order valence-electron chi connectivity index (χ4n) is 1.27. The fraction of sp³-hybridized carbons (Fsp3) is 0.0833. The van der Waals surface area contributed by atoms with Gasteiger partial charge in [0.25, 0.3) is 5.91 Å². The lowest BCUT2D eigenvalue weighted by molar-refractivity contribution is -0.118. The molecule has 0 aliphatic rings. The van der Waals surface area contributed by atoms with E-state index in [1.165, 1.54) is 6.33 Å². The van der Waals surface area contributed by atoms with E-state index in [1.807, 2.05) is 18.2 Å². The number of rotatable bonds is 4. The molecule has 19 heavy (non-hydrogen) atoms. The molecule has 2 aromatic rings. The Hall–Kier alpha value is -1.85. The average Bonchev–Trinajstić information content (AvgIpc) is 2.43. The van der Waals surface area contributed by atoms with Crippen molar-refractivity contribution in [2.45, 2.75) is 0 Å². The minimum atomic E-state index is -0.388. The molecule has 1 amide bonds. The molecule has 1 heterocycles. The van der Waals surface area contributed by atoms with Crippen LogP contribution in [0.2, 0.25) is 10.2 Å². The summed E-state index contributed by atoms with van der Waals surface area (Å²) < 4.78 is 5.28. The molecule has 0 aliphatic carbocycles. The molecule has 0 aliphatic heterocycles. The second kappa shape index (κ2) is 6.36. The van der Waals surface area contributed by atoms with Gasteiger partial charge in [-0.05, 0) is 12.1 Å². The highest BCUT2D eigenvalue weighted by atomic mass is 35.5. The minimum Gasteiger partial charge on any atom is -0.484 e. The lowest BCUT2D eigenvalue weighted by Crippen LogP contribution is -2.21. The van der Waals surface area contributed by atoms with Crippen LogP contribution in [0.5, 0.6) is 5.75 Å². The van der Waals surface area contributed by atoms with Gasteiger partial charge in [-0.1, -0.05) is 41.4 Å². The summed E-state index contributed by atoms with van der Waals surface area (Å²) in [7, 11) is 0. The third-order valence-electron chi connectivity index (χ3n) is 2.12. The van der Waals surface area contributed by atoms with Crippen LogP contribution in [0, 0.1) is 0 Å². The van der Waals surface area contributed by atoms with E-state index in [-0.39, 0.29) is 28.5 Å². The van der Waals surface area contributed by atoms with Gasteiger partial charge in [0.15, 0.2) is 17.6 Å². The summed E-state index contributed by atoms with van der Waals surface area (Å²) in [5.74, 6) is 0.369. The van der Waals surface area contributed by atoms with Crippen molar-refractivity contribution >= 4 is 34.9 Å². The van der Waals surface area contributed by atoms with Crippen LogP contribution in [0.1, 0.15) is 0 Å². The molecule has 0 spiro atoms. The Balaban J connectivity index is 1.93. The second-order valence-corrected chi connectivity index (χ2v) is 4.21. The monoisotopic (exact) mass is 297 g/mol. The lowest BCUT2D eigenvalue weighted by atomic mass is 10.3. The summed E-state index contributed by atoms with van der Waals surface area (Å²) in [5.41, 5.74) is 0. The van der Waals surface area contributed by atoms with Crippen LogP contribution < -0.4 is 10.1 Å². The first-order chi connectivity index (χ1) is 9.16. The zero-order valence-corrected chi connectivity index (χ0v) is 11.1. The van der Waals surface area contributed by atoms with E-state index in [1.54, 1.807) is 12.1 Å². The van der Waals surface area contributed by atoms with E-state index < -0.39 is 0 Å². The molecule has 7 heteroatoms. The normalized spacial score (nSPS) is 10.0. The van der Waals surface area contributed by atoms with E-state index in [2.05, 4.69) is 15.3 Å². The summed E-state index contributed by atoms with van der Waals surface area (Å²) in [4.78, 5) is 19.2. The Labute approximate surface area is 119 Å². The van der Waals surface area contributed by atoms with Crippen LogP contribution in [0.15, 0.2) is 36.7 Å². The molecule has 0 bridgehead atoms. The van der Waals surface area contributed by atoms with Gasteiger partial charge < -0.3 is 10.1 Å². The van der Waals surface area contributed by atoms with Gasteiger partial charge >= 0.3 is 0 Å². The molecule has 0 atom stereocenters. The predicted molar refractivity (Wildman–Crippen MR) is 72.6 cm³/mol. The van der Waals surface area contributed by atoms with E-state index in [9.17, 15) is 4.79 Å². The van der Waals surface area contributed by atoms with Crippen molar-refractivity contribution in [3.8, 4) is 5.75 Å². The first-order valence-corrected chi connectivity index (χ1v) is 6.06. The highest BCUT2D eigenvalue weighted by Gasteiger charge is 2.11. The van der Waals surface area contributed by atoms with Gasteiger partial charge in [-0.3, -0.25) is 4.79 Å². The van der Waals surface area contributed by atoms with Crippen molar-refractivity contribution in [3.05, 3.63) is 46.8 Å². The van der Waals surface area contributed by atoms with Gasteiger partial charge in [0, 0.05) is 0 Å². The van der Waals surface area contributed by atoms with Crippen LogP contribution in [-0.4, -0.2) is 22.5 Å². The van der Waals surface area contributed by atoms with Gasteiger partial charge in [-0.25, -0.2) is 9.97 Å². The molecule has 1 aromatic heterocycles. The molecule has 1 N–H and O–H groups in total. The molecular formula is C12H9Cl2N3O2. The predicted octanol–water partition coefficient (Wildman–Crippen LogP) is 2.80. The summed E-state index contributed by atoms with van der Waals surface area (Å²) in [5, 5.41) is 2.66. The van der Waals surface area contributed by atoms with Gasteiger partial charge in [-0.15, -0.1) is 0 Å². The first kappa shape index (κ1) is 13.6. The van der Waals surface area contributed by atoms with Crippen molar-refractivity contribution in [1.29, 1.82) is 0 Å². The van der Waals surface area contributed by atoms with Crippen LogP contribution in [0.25, 0.3) is 0 Å². The number of amides is 1. The maximum Gasteiger partial charge on any atom is 0.263 e. The lowest BCUT2D eigenvalue weighted by Gasteiger charge is -2.08. The summed E-state index contributed by atoms with van der Waals surface area (Å²) in [6.07, 6.45) is 1.21. The Morgan fingerprint density at radius 2 is 1.95 bits per heavy atom. The highest BCUT2D eigenvalue weighted by Crippen LogP contribution is 2.25. The number of carbonyl (C=O) groups is 1. The van der Waals surface area contributed by atoms with Crippen molar-refractivity contribution in [3.63, 3.8) is 0 Å². The van der Waals surface area contributed by atoms with Crippen molar-refractivity contribution < 1.29 is 9.53 Å². The molecule has 0 saturated heterocycles. The zero-order valence-electron chi connectivity index (χ0n) is 9.64. The van der Waals surface area contributed by atoms with Crippen LogP contribution in [0.4, 0.5) is 5.82 Å². The van der Waals surface area contributed by atoms with Crippen LogP contribution >= 0.6 is 23.2 Å². The van der Waals surface area contributed by atoms with Crippen molar-refractivity contribution in [1.82, 2.24) is 9.97 Å². The third-order valence-corrected chi connectivity index (χ3v) is 2.86. The summed E-state index contributed by atoms with van der Waals surface area (Å²) >= 11 is 11.5. The molecule has 0 saturated carbocycles. The number of para-hydroxylation sites is 1. The largest absolute Gasteiger partial charge is 0.484 e. The number of carbonyl (C=O) groups excluding carboxylic acids is 1. The molecule has 2 rings (SSSR count). The zero-order chi connectivity index (χ0) is 13.7. The van der Waals surface area contributed by atoms with E-state index in [0.29, 0.717) is 5.75 Å². The smallest absolute Gasteiger partial charge is 0.263 e. The number of hydrogen-bond donors (Lipinski definition) is 1. The van der Waals surface area contributed by atoms with Gasteiger partial charge in [-0.2, -0.15) is 0 Å². The molecule has 5 nitrogen and oxygen atoms in total. The second-order valence-electron chi connectivity index (χ2n) is 3.48. The summed E-state index contributed by atoms with van der Waals surface area (Å²) in [6, 6.07) is 8.99. The standard InChI is InChI=1S/C12H9Cl2N3O2/c13-10-11(14)15-7-16-12(10)17-9(18)6-19-8-4-2-1-3-5-8/h1-5,7H,6H2,(H,15,16,17,18). The van der Waals surface area contributed by atoms with Gasteiger partial charge in [0.2, 0.25) is 0 Å². The number of anilines is 1. The molecule has 0 radical (unpaired) electrons. The van der Waals surface area contributed by atoms with Gasteiger partial charge in [0.05, 0.1) is 0 Å². The molecule has 1 aromatic carbocycles. The van der Waals surface area contributed by atoms with Crippen LogP contribution in [0.3, 0.4) is 0 Å². The fourth-order valence-corrected chi connectivity index (χ4v) is 1.55. The number of aromatic nitrogens is 2. The van der Waals surface area contributed by atoms with E-state index in [0.717, 1.165) is 0 Å². The topological polar surface area (TPSA) is 64.1 Å². The Morgan fingerprint density at radius 1 is 1.21 bits per heavy atom. The third kappa shape index (κ3) is 3.81. The van der Waals surface area contributed by atoms with Crippen molar-refractivity contribution in [2.24, 2.45) is 0 Å². The summed E-state index contributed by atoms with van der Waals surface area (Å²) in [6.45, 7) is -0.151. The number of nitrogens with zero attached hydrogens (tertiary/aromatic N) is 2. The first-order valence-electron chi connectivity index (χ1n) is 5.30. The van der Waals surface area contributed by atoms with Crippen molar-refractivity contribution in [2.75, 3.05) is 11.9 Å². The van der Waals surface area contributed by atoms with Crippen LogP contribution in [-0.2, 0) is 4.79 Å².